The van der Waals surface area contributed by atoms with E-state index in [9.17, 15) is 8.42 Å². The van der Waals surface area contributed by atoms with Gasteiger partial charge in [0.1, 0.15) is 0 Å². The molecule has 1 aromatic carbocycles. The smallest absolute Gasteiger partial charge is 0.266 e. The van der Waals surface area contributed by atoms with Gasteiger partial charge in [-0.25, -0.2) is 0 Å². The van der Waals surface area contributed by atoms with Gasteiger partial charge < -0.3 is 0 Å². The van der Waals surface area contributed by atoms with E-state index >= 15 is 0 Å². The van der Waals surface area contributed by atoms with E-state index in [1.807, 2.05) is 6.92 Å². The van der Waals surface area contributed by atoms with E-state index in [2.05, 4.69) is 13.8 Å². The molecular formula is C30H54O3S. The highest BCUT2D eigenvalue weighted by Crippen LogP contribution is 2.19. The fraction of sp³-hybridized carbons (Fsp3) is 0.800. The van der Waals surface area contributed by atoms with Crippen LogP contribution in [0.15, 0.2) is 29.2 Å². The largest absolute Gasteiger partial charge is 0.296 e. The van der Waals surface area contributed by atoms with Crippen LogP contribution in [0, 0.1) is 12.8 Å². The number of rotatable bonds is 23. The maximum Gasteiger partial charge on any atom is 0.296 e. The lowest BCUT2D eigenvalue weighted by molar-refractivity contribution is 0.300. The molecule has 1 rings (SSSR count). The quantitative estimate of drug-likeness (QED) is 0.112. The zero-order valence-electron chi connectivity index (χ0n) is 22.7. The minimum atomic E-state index is -3.62. The summed E-state index contributed by atoms with van der Waals surface area (Å²) >= 11 is 0. The average molecular weight is 495 g/mol. The molecule has 0 aliphatic carbocycles. The van der Waals surface area contributed by atoms with E-state index in [0.29, 0.717) is 0 Å². The van der Waals surface area contributed by atoms with Gasteiger partial charge in [-0.05, 0) is 31.4 Å². The van der Waals surface area contributed by atoms with Crippen molar-refractivity contribution in [1.82, 2.24) is 0 Å². The Labute approximate surface area is 212 Å². The normalized spacial score (nSPS) is 12.8. The Kier molecular flexibility index (Phi) is 18.6. The van der Waals surface area contributed by atoms with Crippen molar-refractivity contribution in [3.63, 3.8) is 0 Å². The first-order valence-electron chi connectivity index (χ1n) is 14.4. The molecule has 1 aromatic rings. The lowest BCUT2D eigenvalue weighted by atomic mass is 9.96. The Morgan fingerprint density at radius 2 is 1.06 bits per heavy atom. The molecule has 0 N–H and O–H groups in total. The number of hydrogen-bond acceptors (Lipinski definition) is 3. The first-order chi connectivity index (χ1) is 16.5. The molecule has 0 bridgehead atoms. The predicted octanol–water partition coefficient (Wildman–Crippen LogP) is 9.77. The van der Waals surface area contributed by atoms with Crippen LogP contribution < -0.4 is 0 Å². The van der Waals surface area contributed by atoms with Gasteiger partial charge in [-0.3, -0.25) is 4.18 Å². The Balaban J connectivity index is 1.87. The molecule has 0 saturated carbocycles. The highest BCUT2D eigenvalue weighted by molar-refractivity contribution is 7.86. The summed E-state index contributed by atoms with van der Waals surface area (Å²) < 4.78 is 29.6. The summed E-state index contributed by atoms with van der Waals surface area (Å²) in [6, 6.07) is 6.83. The molecule has 0 aliphatic rings. The highest BCUT2D eigenvalue weighted by Gasteiger charge is 2.14. The molecule has 0 spiro atoms. The van der Waals surface area contributed by atoms with E-state index in [0.717, 1.165) is 30.7 Å². The molecular weight excluding hydrogens is 440 g/mol. The van der Waals surface area contributed by atoms with Crippen LogP contribution in [-0.2, 0) is 14.3 Å². The first kappa shape index (κ1) is 31.2. The highest BCUT2D eigenvalue weighted by atomic mass is 32.2. The van der Waals surface area contributed by atoms with Crippen LogP contribution in [0.2, 0.25) is 0 Å². The van der Waals surface area contributed by atoms with Gasteiger partial charge in [0.15, 0.2) is 0 Å². The maximum atomic E-state index is 12.2. The van der Waals surface area contributed by atoms with Crippen LogP contribution in [0.25, 0.3) is 0 Å². The van der Waals surface area contributed by atoms with Crippen molar-refractivity contribution < 1.29 is 12.6 Å². The average Bonchev–Trinajstić information content (AvgIpc) is 2.81. The number of hydrogen-bond donors (Lipinski definition) is 0. The summed E-state index contributed by atoms with van der Waals surface area (Å²) in [5.41, 5.74) is 1.04. The Hall–Kier alpha value is -0.870. The molecule has 0 fully saturated rings. The van der Waals surface area contributed by atoms with Crippen molar-refractivity contribution in [3.8, 4) is 0 Å². The van der Waals surface area contributed by atoms with Gasteiger partial charge in [-0.2, -0.15) is 8.42 Å². The lowest BCUT2D eigenvalue weighted by Gasteiger charge is -2.11. The van der Waals surface area contributed by atoms with Crippen LogP contribution in [0.3, 0.4) is 0 Å². The summed E-state index contributed by atoms with van der Waals surface area (Å²) in [5, 5.41) is 0. The van der Waals surface area contributed by atoms with Gasteiger partial charge >= 0.3 is 0 Å². The summed E-state index contributed by atoms with van der Waals surface area (Å²) in [6.45, 7) is 6.83. The monoisotopic (exact) mass is 494 g/mol. The van der Waals surface area contributed by atoms with Crippen molar-refractivity contribution in [2.24, 2.45) is 5.92 Å². The predicted molar refractivity (Wildman–Crippen MR) is 147 cm³/mol. The third-order valence-electron chi connectivity index (χ3n) is 6.94. The van der Waals surface area contributed by atoms with Gasteiger partial charge in [0, 0.05) is 0 Å². The minimum absolute atomic E-state index is 0.250. The maximum absolute atomic E-state index is 12.2. The fourth-order valence-electron chi connectivity index (χ4n) is 4.54. The molecule has 0 aromatic heterocycles. The van der Waals surface area contributed by atoms with E-state index in [-0.39, 0.29) is 11.5 Å². The van der Waals surface area contributed by atoms with Crippen LogP contribution in [0.1, 0.15) is 141 Å². The summed E-state index contributed by atoms with van der Waals surface area (Å²) in [7, 11) is -3.62. The second-order valence-corrected chi connectivity index (χ2v) is 12.0. The molecule has 0 unspecified atom stereocenters. The number of benzene rings is 1. The van der Waals surface area contributed by atoms with E-state index in [1.165, 1.54) is 103 Å². The third-order valence-corrected chi connectivity index (χ3v) is 8.27. The molecule has 34 heavy (non-hydrogen) atoms. The second kappa shape index (κ2) is 20.3. The van der Waals surface area contributed by atoms with Crippen LogP contribution in [-0.4, -0.2) is 15.0 Å². The Morgan fingerprint density at radius 1 is 0.647 bits per heavy atom. The molecule has 1 atom stereocenters. The van der Waals surface area contributed by atoms with Crippen LogP contribution in [0.4, 0.5) is 0 Å². The molecule has 0 radical (unpaired) electrons. The van der Waals surface area contributed by atoms with Crippen molar-refractivity contribution in [3.05, 3.63) is 29.8 Å². The zero-order chi connectivity index (χ0) is 24.9. The van der Waals surface area contributed by atoms with E-state index < -0.39 is 10.1 Å². The summed E-state index contributed by atoms with van der Waals surface area (Å²) in [5.74, 6) is 0.718. The van der Waals surface area contributed by atoms with Gasteiger partial charge in [-0.15, -0.1) is 0 Å². The fourth-order valence-corrected chi connectivity index (χ4v) is 5.49. The molecule has 4 heteroatoms. The molecule has 0 aliphatic heterocycles. The van der Waals surface area contributed by atoms with E-state index in [1.54, 1.807) is 24.3 Å². The van der Waals surface area contributed by atoms with Gasteiger partial charge in [-0.1, -0.05) is 147 Å². The Morgan fingerprint density at radius 3 is 1.53 bits per heavy atom. The van der Waals surface area contributed by atoms with Crippen molar-refractivity contribution in [2.45, 2.75) is 148 Å². The molecule has 0 amide bonds. The van der Waals surface area contributed by atoms with Gasteiger partial charge in [0.05, 0.1) is 11.5 Å². The van der Waals surface area contributed by atoms with Gasteiger partial charge in [0.25, 0.3) is 10.1 Å². The standard InChI is InChI=1S/C30H54O3S/c1-4-5-6-7-8-9-10-11-12-13-14-15-16-17-18-21-28(2)22-19-20-27-33-34(31,32)30-25-23-29(3)24-26-30/h23-26,28H,4-22,27H2,1-3H3/t28-/m1/s1. The summed E-state index contributed by atoms with van der Waals surface area (Å²) in [4.78, 5) is 0.250. The van der Waals surface area contributed by atoms with Crippen molar-refractivity contribution >= 4 is 10.1 Å². The number of unbranched alkanes of at least 4 members (excludes halogenated alkanes) is 15. The minimum Gasteiger partial charge on any atom is -0.266 e. The van der Waals surface area contributed by atoms with Crippen molar-refractivity contribution in [1.29, 1.82) is 0 Å². The first-order valence-corrected chi connectivity index (χ1v) is 15.8. The van der Waals surface area contributed by atoms with Crippen molar-refractivity contribution in [2.75, 3.05) is 6.61 Å². The third kappa shape index (κ3) is 16.7. The molecule has 198 valence electrons. The second-order valence-electron chi connectivity index (χ2n) is 10.4. The topological polar surface area (TPSA) is 43.4 Å². The van der Waals surface area contributed by atoms with E-state index in [4.69, 9.17) is 4.18 Å². The molecule has 0 heterocycles. The van der Waals surface area contributed by atoms with Gasteiger partial charge in [0.2, 0.25) is 0 Å². The van der Waals surface area contributed by atoms with Crippen LogP contribution >= 0.6 is 0 Å². The molecule has 3 nitrogen and oxygen atoms in total. The zero-order valence-corrected chi connectivity index (χ0v) is 23.5. The Bertz CT molecular complexity index is 682. The lowest BCUT2D eigenvalue weighted by Crippen LogP contribution is -2.08. The van der Waals surface area contributed by atoms with Crippen LogP contribution in [0.5, 0.6) is 0 Å². The SMILES string of the molecule is CCCCCCCCCCCCCCCCC[C@@H](C)CCCCOS(=O)(=O)c1ccc(C)cc1. The molecule has 0 saturated heterocycles. The summed E-state index contributed by atoms with van der Waals surface area (Å²) in [6.07, 6.45) is 25.4. The number of aryl methyl sites for hydroxylation is 1.